The standard InChI is InChI=1S/C28H30F2N4O3/c1-18-8-11-33(12-9-18)28-31-24-10-13-34(26(35)15-19-4-3-5-21(14-19)36-2)17-22(24)27(32-28)37-25-7-6-20(29)16-23(25)30/h3-7,14,16,18H,8-13,15,17H2,1-2H3. The number of benzene rings is 2. The molecule has 37 heavy (non-hydrogen) atoms. The average Bonchev–Trinajstić information content (AvgIpc) is 2.90. The van der Waals surface area contributed by atoms with E-state index in [2.05, 4.69) is 16.8 Å². The van der Waals surface area contributed by atoms with Crippen molar-refractivity contribution in [2.75, 3.05) is 31.6 Å². The third kappa shape index (κ3) is 5.65. The lowest BCUT2D eigenvalue weighted by atomic mass is 9.99. The van der Waals surface area contributed by atoms with Crippen LogP contribution in [0, 0.1) is 17.6 Å². The van der Waals surface area contributed by atoms with Gasteiger partial charge in [-0.25, -0.2) is 13.8 Å². The Morgan fingerprint density at radius 1 is 1.08 bits per heavy atom. The summed E-state index contributed by atoms with van der Waals surface area (Å²) in [6.07, 6.45) is 2.83. The Morgan fingerprint density at radius 2 is 1.89 bits per heavy atom. The first-order chi connectivity index (χ1) is 17.9. The maximum absolute atomic E-state index is 14.5. The third-order valence-electron chi connectivity index (χ3n) is 7.02. The van der Waals surface area contributed by atoms with Crippen molar-refractivity contribution in [1.82, 2.24) is 14.9 Å². The highest BCUT2D eigenvalue weighted by Crippen LogP contribution is 2.33. The zero-order valence-electron chi connectivity index (χ0n) is 21.0. The molecule has 0 unspecified atom stereocenters. The molecular formula is C28H30F2N4O3. The lowest BCUT2D eigenvalue weighted by Gasteiger charge is -2.33. The number of hydrogen-bond acceptors (Lipinski definition) is 6. The lowest BCUT2D eigenvalue weighted by Crippen LogP contribution is -2.39. The van der Waals surface area contributed by atoms with Gasteiger partial charge in [-0.05, 0) is 48.6 Å². The molecule has 194 valence electrons. The largest absolute Gasteiger partial charge is 0.497 e. The number of fused-ring (bicyclic) bond motifs is 1. The van der Waals surface area contributed by atoms with Gasteiger partial charge in [0, 0.05) is 32.1 Å². The molecule has 1 saturated heterocycles. The summed E-state index contributed by atoms with van der Waals surface area (Å²) in [5.74, 6) is 0.394. The summed E-state index contributed by atoms with van der Waals surface area (Å²) in [4.78, 5) is 26.5. The first-order valence-electron chi connectivity index (χ1n) is 12.6. The summed E-state index contributed by atoms with van der Waals surface area (Å²) < 4.78 is 39.2. The molecule has 2 aromatic carbocycles. The van der Waals surface area contributed by atoms with Gasteiger partial charge >= 0.3 is 0 Å². The van der Waals surface area contributed by atoms with Crippen molar-refractivity contribution in [3.8, 4) is 17.4 Å². The van der Waals surface area contributed by atoms with Crippen LogP contribution in [0.1, 0.15) is 36.6 Å². The van der Waals surface area contributed by atoms with Gasteiger partial charge in [0.1, 0.15) is 11.6 Å². The van der Waals surface area contributed by atoms with Crippen LogP contribution in [0.15, 0.2) is 42.5 Å². The van der Waals surface area contributed by atoms with Crippen LogP contribution in [0.5, 0.6) is 17.4 Å². The van der Waals surface area contributed by atoms with Crippen LogP contribution in [-0.2, 0) is 24.2 Å². The minimum Gasteiger partial charge on any atom is -0.497 e. The average molecular weight is 509 g/mol. The second kappa shape index (κ2) is 10.7. The first-order valence-corrected chi connectivity index (χ1v) is 12.6. The Hall–Kier alpha value is -3.75. The zero-order chi connectivity index (χ0) is 25.9. The number of ether oxygens (including phenoxy) is 2. The third-order valence-corrected chi connectivity index (χ3v) is 7.02. The number of hydrogen-bond donors (Lipinski definition) is 0. The maximum Gasteiger partial charge on any atom is 0.229 e. The predicted molar refractivity (Wildman–Crippen MR) is 135 cm³/mol. The summed E-state index contributed by atoms with van der Waals surface area (Å²) in [7, 11) is 1.59. The SMILES string of the molecule is COc1cccc(CC(=O)N2CCc3nc(N4CCC(C)CC4)nc(Oc4ccc(F)cc4F)c3C2)c1. The fourth-order valence-electron chi connectivity index (χ4n) is 4.75. The van der Waals surface area contributed by atoms with Crippen LogP contribution in [0.3, 0.4) is 0 Å². The molecule has 0 spiro atoms. The maximum atomic E-state index is 14.5. The highest BCUT2D eigenvalue weighted by atomic mass is 19.1. The van der Waals surface area contributed by atoms with Crippen molar-refractivity contribution in [3.05, 3.63) is 70.9 Å². The van der Waals surface area contributed by atoms with Gasteiger partial charge in [-0.2, -0.15) is 4.98 Å². The van der Waals surface area contributed by atoms with E-state index >= 15 is 0 Å². The minimum absolute atomic E-state index is 0.0492. The van der Waals surface area contributed by atoms with E-state index in [1.807, 2.05) is 24.3 Å². The molecule has 1 fully saturated rings. The van der Waals surface area contributed by atoms with Crippen LogP contribution in [0.25, 0.3) is 0 Å². The Bertz CT molecular complexity index is 1290. The number of nitrogens with zero attached hydrogens (tertiary/aromatic N) is 4. The molecule has 0 atom stereocenters. The summed E-state index contributed by atoms with van der Waals surface area (Å²) in [5.41, 5.74) is 2.28. The highest BCUT2D eigenvalue weighted by molar-refractivity contribution is 5.79. The number of rotatable bonds is 6. The van der Waals surface area contributed by atoms with Crippen LogP contribution >= 0.6 is 0 Å². The number of carbonyl (C=O) groups excluding carboxylic acids is 1. The molecule has 0 saturated carbocycles. The van der Waals surface area contributed by atoms with Crippen molar-refractivity contribution >= 4 is 11.9 Å². The molecule has 3 aromatic rings. The summed E-state index contributed by atoms with van der Waals surface area (Å²) in [5, 5.41) is 0. The number of amides is 1. The monoisotopic (exact) mass is 508 g/mol. The van der Waals surface area contributed by atoms with E-state index in [4.69, 9.17) is 14.5 Å². The molecular weight excluding hydrogens is 478 g/mol. The van der Waals surface area contributed by atoms with E-state index in [0.29, 0.717) is 36.1 Å². The van der Waals surface area contributed by atoms with Crippen LogP contribution in [-0.4, -0.2) is 47.5 Å². The van der Waals surface area contributed by atoms with Gasteiger partial charge in [0.05, 0.1) is 31.3 Å². The Balaban J connectivity index is 1.43. The van der Waals surface area contributed by atoms with Gasteiger partial charge in [-0.1, -0.05) is 19.1 Å². The van der Waals surface area contributed by atoms with Crippen LogP contribution in [0.4, 0.5) is 14.7 Å². The van der Waals surface area contributed by atoms with E-state index in [0.717, 1.165) is 49.3 Å². The van der Waals surface area contributed by atoms with E-state index in [1.54, 1.807) is 12.0 Å². The second-order valence-corrected chi connectivity index (χ2v) is 9.69. The minimum atomic E-state index is -0.817. The van der Waals surface area contributed by atoms with Crippen molar-refractivity contribution in [2.45, 2.75) is 39.2 Å². The lowest BCUT2D eigenvalue weighted by molar-refractivity contribution is -0.131. The number of halogens is 2. The van der Waals surface area contributed by atoms with Crippen molar-refractivity contribution < 1.29 is 23.0 Å². The van der Waals surface area contributed by atoms with E-state index in [-0.39, 0.29) is 30.5 Å². The number of aromatic nitrogens is 2. The molecule has 0 aliphatic carbocycles. The molecule has 0 bridgehead atoms. The smallest absolute Gasteiger partial charge is 0.229 e. The molecule has 1 aromatic heterocycles. The molecule has 0 radical (unpaired) electrons. The summed E-state index contributed by atoms with van der Waals surface area (Å²) >= 11 is 0. The zero-order valence-corrected chi connectivity index (χ0v) is 21.0. The molecule has 2 aliphatic heterocycles. The molecule has 2 aliphatic rings. The summed E-state index contributed by atoms with van der Waals surface area (Å²) in [6.45, 7) is 4.64. The highest BCUT2D eigenvalue weighted by Gasteiger charge is 2.29. The fraction of sp³-hybridized carbons (Fsp3) is 0.393. The summed E-state index contributed by atoms with van der Waals surface area (Å²) in [6, 6.07) is 10.6. The van der Waals surface area contributed by atoms with Crippen LogP contribution < -0.4 is 14.4 Å². The number of anilines is 1. The van der Waals surface area contributed by atoms with E-state index in [9.17, 15) is 13.6 Å². The van der Waals surface area contributed by atoms with Gasteiger partial charge in [0.25, 0.3) is 0 Å². The van der Waals surface area contributed by atoms with E-state index < -0.39 is 11.6 Å². The van der Waals surface area contributed by atoms with Crippen molar-refractivity contribution in [2.24, 2.45) is 5.92 Å². The normalized spacial score (nSPS) is 15.9. The first kappa shape index (κ1) is 24.9. The Labute approximate surface area is 215 Å². The molecule has 3 heterocycles. The second-order valence-electron chi connectivity index (χ2n) is 9.69. The molecule has 9 heteroatoms. The van der Waals surface area contributed by atoms with Crippen LogP contribution in [0.2, 0.25) is 0 Å². The number of piperidine rings is 1. The van der Waals surface area contributed by atoms with Crippen molar-refractivity contribution in [1.29, 1.82) is 0 Å². The molecule has 7 nitrogen and oxygen atoms in total. The van der Waals surface area contributed by atoms with Gasteiger partial charge in [0.15, 0.2) is 11.6 Å². The number of carbonyl (C=O) groups is 1. The van der Waals surface area contributed by atoms with Gasteiger partial charge in [-0.3, -0.25) is 4.79 Å². The van der Waals surface area contributed by atoms with E-state index in [1.165, 1.54) is 6.07 Å². The topological polar surface area (TPSA) is 67.8 Å². The van der Waals surface area contributed by atoms with Gasteiger partial charge in [-0.15, -0.1) is 0 Å². The Kier molecular flexibility index (Phi) is 7.21. The van der Waals surface area contributed by atoms with Gasteiger partial charge in [0.2, 0.25) is 17.7 Å². The molecule has 5 rings (SSSR count). The Morgan fingerprint density at radius 3 is 2.65 bits per heavy atom. The van der Waals surface area contributed by atoms with Crippen molar-refractivity contribution in [3.63, 3.8) is 0 Å². The number of methoxy groups -OCH3 is 1. The fourth-order valence-corrected chi connectivity index (χ4v) is 4.75. The molecule has 1 amide bonds. The quantitative estimate of drug-likeness (QED) is 0.471. The van der Waals surface area contributed by atoms with Gasteiger partial charge < -0.3 is 19.3 Å². The molecule has 0 N–H and O–H groups in total. The predicted octanol–water partition coefficient (Wildman–Crippen LogP) is 4.92.